The highest BCUT2D eigenvalue weighted by Crippen LogP contribution is 2.27. The van der Waals surface area contributed by atoms with Gasteiger partial charge in [0.05, 0.1) is 11.0 Å². The molecule has 0 amide bonds. The first-order chi connectivity index (χ1) is 11.1. The molecule has 4 rings (SSSR count). The minimum absolute atomic E-state index is 0.000242. The lowest BCUT2D eigenvalue weighted by Gasteiger charge is -2.27. The van der Waals surface area contributed by atoms with Crippen molar-refractivity contribution in [3.63, 3.8) is 0 Å². The van der Waals surface area contributed by atoms with Gasteiger partial charge in [0.25, 0.3) is 0 Å². The number of hydrogen-bond acceptors (Lipinski definition) is 2. The van der Waals surface area contributed by atoms with Crippen LogP contribution in [0.2, 0.25) is 0 Å². The molecule has 0 saturated heterocycles. The Balaban J connectivity index is 1.79. The monoisotopic (exact) mass is 307 g/mol. The lowest BCUT2D eigenvalue weighted by atomic mass is 10.1. The minimum atomic E-state index is 0.000242. The summed E-state index contributed by atoms with van der Waals surface area (Å²) < 4.78 is 1.91. The van der Waals surface area contributed by atoms with Crippen molar-refractivity contribution < 1.29 is 0 Å². The van der Waals surface area contributed by atoms with Gasteiger partial charge in [0.1, 0.15) is 0 Å². The Bertz CT molecular complexity index is 908. The molecule has 0 aliphatic carbocycles. The molecule has 0 bridgehead atoms. The van der Waals surface area contributed by atoms with Crippen LogP contribution in [-0.4, -0.2) is 20.5 Å². The van der Waals surface area contributed by atoms with Crippen molar-refractivity contribution >= 4 is 11.0 Å². The van der Waals surface area contributed by atoms with Crippen molar-refractivity contribution in [3.05, 3.63) is 69.6 Å². The van der Waals surface area contributed by atoms with Crippen LogP contribution in [-0.2, 0) is 19.6 Å². The van der Waals surface area contributed by atoms with Gasteiger partial charge in [-0.05, 0) is 36.6 Å². The van der Waals surface area contributed by atoms with Gasteiger partial charge in [0.15, 0.2) is 0 Å². The number of nitrogens with one attached hydrogen (secondary N) is 1. The molecule has 0 saturated carbocycles. The minimum Gasteiger partial charge on any atom is -0.306 e. The fraction of sp³-hybridized carbons (Fsp3) is 0.316. The van der Waals surface area contributed by atoms with E-state index in [9.17, 15) is 4.79 Å². The molecule has 1 aliphatic heterocycles. The highest BCUT2D eigenvalue weighted by molar-refractivity contribution is 5.80. The topological polar surface area (TPSA) is 41.0 Å². The summed E-state index contributed by atoms with van der Waals surface area (Å²) in [6.45, 7) is 6.84. The molecule has 2 aromatic carbocycles. The van der Waals surface area contributed by atoms with Crippen molar-refractivity contribution in [2.24, 2.45) is 0 Å². The van der Waals surface area contributed by atoms with Gasteiger partial charge in [0, 0.05) is 25.7 Å². The third-order valence-corrected chi connectivity index (χ3v) is 4.93. The van der Waals surface area contributed by atoms with Gasteiger partial charge in [0.2, 0.25) is 0 Å². The molecule has 1 N–H and O–H groups in total. The zero-order valence-corrected chi connectivity index (χ0v) is 13.5. The van der Waals surface area contributed by atoms with E-state index in [1.807, 2.05) is 16.7 Å². The summed E-state index contributed by atoms with van der Waals surface area (Å²) in [6, 6.07) is 15.0. The van der Waals surface area contributed by atoms with Crippen molar-refractivity contribution in [1.82, 2.24) is 14.5 Å². The maximum atomic E-state index is 12.3. The van der Waals surface area contributed by atoms with E-state index in [2.05, 4.69) is 54.1 Å². The molecule has 4 nitrogen and oxygen atoms in total. The van der Waals surface area contributed by atoms with Crippen molar-refractivity contribution in [1.29, 1.82) is 0 Å². The quantitative estimate of drug-likeness (QED) is 0.790. The first kappa shape index (κ1) is 14.3. The van der Waals surface area contributed by atoms with E-state index in [1.165, 1.54) is 16.7 Å². The van der Waals surface area contributed by atoms with Crippen molar-refractivity contribution in [3.8, 4) is 0 Å². The molecule has 3 aromatic rings. The van der Waals surface area contributed by atoms with Gasteiger partial charge in [-0.25, -0.2) is 4.79 Å². The lowest BCUT2D eigenvalue weighted by molar-refractivity contribution is 0.180. The Morgan fingerprint density at radius 2 is 1.96 bits per heavy atom. The second-order valence-electron chi connectivity index (χ2n) is 6.54. The number of nitrogens with zero attached hydrogens (tertiary/aromatic N) is 2. The Morgan fingerprint density at radius 3 is 2.74 bits per heavy atom. The molecule has 23 heavy (non-hydrogen) atoms. The maximum absolute atomic E-state index is 12.3. The molecule has 0 spiro atoms. The molecular formula is C19H21N3O. The molecule has 1 aromatic heterocycles. The number of imidazole rings is 1. The van der Waals surface area contributed by atoms with E-state index >= 15 is 0 Å². The predicted molar refractivity (Wildman–Crippen MR) is 92.4 cm³/mol. The number of hydrogen-bond donors (Lipinski definition) is 1. The Morgan fingerprint density at radius 1 is 1.17 bits per heavy atom. The average Bonchev–Trinajstić information content (AvgIpc) is 2.77. The van der Waals surface area contributed by atoms with E-state index in [4.69, 9.17) is 0 Å². The van der Waals surface area contributed by atoms with Crippen LogP contribution in [0.3, 0.4) is 0 Å². The van der Waals surface area contributed by atoms with Crippen molar-refractivity contribution in [2.45, 2.75) is 39.5 Å². The summed E-state index contributed by atoms with van der Waals surface area (Å²) in [4.78, 5) is 17.8. The fourth-order valence-electron chi connectivity index (χ4n) is 3.57. The Hall–Kier alpha value is -2.33. The van der Waals surface area contributed by atoms with E-state index in [0.29, 0.717) is 6.04 Å². The first-order valence-corrected chi connectivity index (χ1v) is 8.12. The number of aryl methyl sites for hydroxylation is 1. The predicted octanol–water partition coefficient (Wildman–Crippen LogP) is 3.04. The number of H-pyrrole nitrogens is 1. The van der Waals surface area contributed by atoms with Crippen LogP contribution in [0.4, 0.5) is 0 Å². The molecule has 118 valence electrons. The Kier molecular flexibility index (Phi) is 3.34. The van der Waals surface area contributed by atoms with E-state index < -0.39 is 0 Å². The van der Waals surface area contributed by atoms with Crippen LogP contribution in [0.1, 0.15) is 23.6 Å². The van der Waals surface area contributed by atoms with Gasteiger partial charge < -0.3 is 4.98 Å². The van der Waals surface area contributed by atoms with Crippen LogP contribution in [0.5, 0.6) is 0 Å². The number of aromatic amines is 1. The molecule has 1 atom stereocenters. The molecular weight excluding hydrogens is 286 g/mol. The number of benzene rings is 2. The summed E-state index contributed by atoms with van der Waals surface area (Å²) in [5.41, 5.74) is 5.85. The highest BCUT2D eigenvalue weighted by Gasteiger charge is 2.25. The van der Waals surface area contributed by atoms with Gasteiger partial charge in [-0.2, -0.15) is 0 Å². The van der Waals surface area contributed by atoms with E-state index in [-0.39, 0.29) is 5.69 Å². The Labute approximate surface area is 135 Å². The van der Waals surface area contributed by atoms with Gasteiger partial charge in [-0.15, -0.1) is 0 Å². The maximum Gasteiger partial charge on any atom is 0.326 e. The van der Waals surface area contributed by atoms with E-state index in [1.54, 1.807) is 0 Å². The fourth-order valence-corrected chi connectivity index (χ4v) is 3.57. The normalized spacial score (nSPS) is 18.3. The zero-order chi connectivity index (χ0) is 16.0. The van der Waals surface area contributed by atoms with Gasteiger partial charge >= 0.3 is 5.69 Å². The second kappa shape index (κ2) is 5.39. The molecule has 0 fully saturated rings. The third-order valence-electron chi connectivity index (χ3n) is 4.93. The van der Waals surface area contributed by atoms with Crippen LogP contribution < -0.4 is 5.69 Å². The average molecular weight is 307 g/mol. The van der Waals surface area contributed by atoms with E-state index in [0.717, 1.165) is 30.7 Å². The molecule has 1 aliphatic rings. The summed E-state index contributed by atoms with van der Waals surface area (Å²) in [7, 11) is 0. The van der Waals surface area contributed by atoms with Gasteiger partial charge in [-0.3, -0.25) is 9.47 Å². The molecule has 0 radical (unpaired) electrons. The number of rotatable bonds is 2. The highest BCUT2D eigenvalue weighted by atomic mass is 16.1. The molecule has 4 heteroatoms. The SMILES string of the molecule is Cc1ccc2[nH]c(=O)n3c2c1CN(Cc1ccccc1)[C@H](C)C3. The lowest BCUT2D eigenvalue weighted by Crippen LogP contribution is -2.35. The second-order valence-corrected chi connectivity index (χ2v) is 6.54. The van der Waals surface area contributed by atoms with Crippen LogP contribution in [0.15, 0.2) is 47.3 Å². The van der Waals surface area contributed by atoms with Crippen LogP contribution in [0.25, 0.3) is 11.0 Å². The third kappa shape index (κ3) is 2.39. The molecule has 0 unspecified atom stereocenters. The smallest absolute Gasteiger partial charge is 0.306 e. The van der Waals surface area contributed by atoms with Crippen LogP contribution in [0, 0.1) is 6.92 Å². The number of aromatic nitrogens is 2. The van der Waals surface area contributed by atoms with Gasteiger partial charge in [-0.1, -0.05) is 36.4 Å². The summed E-state index contributed by atoms with van der Waals surface area (Å²) in [5, 5.41) is 0. The largest absolute Gasteiger partial charge is 0.326 e. The standard InChI is InChI=1S/C19H21N3O/c1-13-8-9-17-18-16(13)12-21(11-15-6-4-3-5-7-15)14(2)10-22(18)19(23)20-17/h3-9,14H,10-12H2,1-2H3,(H,20,23)/t14-/m1/s1. The zero-order valence-electron chi connectivity index (χ0n) is 13.5. The molecule has 2 heterocycles. The first-order valence-electron chi connectivity index (χ1n) is 8.12. The summed E-state index contributed by atoms with van der Waals surface area (Å²) in [5.74, 6) is 0. The van der Waals surface area contributed by atoms with Crippen molar-refractivity contribution in [2.75, 3.05) is 0 Å². The summed E-state index contributed by atoms with van der Waals surface area (Å²) >= 11 is 0. The summed E-state index contributed by atoms with van der Waals surface area (Å²) in [6.07, 6.45) is 0. The van der Waals surface area contributed by atoms with Crippen LogP contribution >= 0.6 is 0 Å².